The average Bonchev–Trinajstić information content (AvgIpc) is 2.78. The Kier molecular flexibility index (Phi) is 5.39. The quantitative estimate of drug-likeness (QED) is 0.338. The molecule has 0 atom stereocenters. The minimum Gasteiger partial charge on any atom is -0.478 e. The molecule has 4 aromatic rings. The minimum atomic E-state index is -1.14. The molecule has 1 N–H and O–H groups in total. The number of fused-ring (bicyclic) bond motifs is 2. The molecule has 0 bridgehead atoms. The Hall–Kier alpha value is -4.52. The van der Waals surface area contributed by atoms with E-state index in [-0.39, 0.29) is 35.8 Å². The third-order valence-electron chi connectivity index (χ3n) is 5.25. The van der Waals surface area contributed by atoms with Crippen molar-refractivity contribution in [2.75, 3.05) is 0 Å². The summed E-state index contributed by atoms with van der Waals surface area (Å²) in [5.74, 6) is -0.993. The highest BCUT2D eigenvalue weighted by atomic mass is 16.5. The molecule has 7 heteroatoms. The summed E-state index contributed by atoms with van der Waals surface area (Å²) in [4.78, 5) is 46.1. The van der Waals surface area contributed by atoms with Crippen molar-refractivity contribution in [3.63, 3.8) is 0 Å². The Balaban J connectivity index is 2.13. The number of carbonyl (C=O) groups is 4. The maximum Gasteiger partial charge on any atom is 0.336 e. The molecule has 0 amide bonds. The topological polar surface area (TPSA) is 107 Å². The number of carboxylic acid groups (broad SMARTS) is 1. The summed E-state index contributed by atoms with van der Waals surface area (Å²) in [6, 6.07) is 16.5. The van der Waals surface area contributed by atoms with Gasteiger partial charge < -0.3 is 14.6 Å². The predicted molar refractivity (Wildman–Crippen MR) is 117 cm³/mol. The fourth-order valence-electron chi connectivity index (χ4n) is 3.99. The van der Waals surface area contributed by atoms with Gasteiger partial charge in [-0.1, -0.05) is 42.5 Å². The van der Waals surface area contributed by atoms with E-state index in [0.29, 0.717) is 38.2 Å². The number of aromatic carboxylic acids is 1. The van der Waals surface area contributed by atoms with Crippen molar-refractivity contribution in [2.45, 2.75) is 6.92 Å². The highest BCUT2D eigenvalue weighted by Crippen LogP contribution is 2.42. The molecule has 0 aliphatic carbocycles. The lowest BCUT2D eigenvalue weighted by Crippen LogP contribution is -2.03. The van der Waals surface area contributed by atoms with Gasteiger partial charge in [-0.25, -0.2) is 4.79 Å². The average molecular weight is 428 g/mol. The first kappa shape index (κ1) is 20.7. The highest BCUT2D eigenvalue weighted by Gasteiger charge is 2.20. The van der Waals surface area contributed by atoms with Crippen LogP contribution in [0.4, 0.5) is 0 Å². The molecule has 158 valence electrons. The first-order chi connectivity index (χ1) is 15.5. The van der Waals surface area contributed by atoms with Crippen molar-refractivity contribution in [2.24, 2.45) is 0 Å². The Morgan fingerprint density at radius 3 is 1.88 bits per heavy atom. The summed E-state index contributed by atoms with van der Waals surface area (Å²) in [7, 11) is 0. The molecule has 0 unspecified atom stereocenters. The lowest BCUT2D eigenvalue weighted by molar-refractivity contribution is -0.121. The zero-order valence-electron chi connectivity index (χ0n) is 16.8. The van der Waals surface area contributed by atoms with E-state index in [2.05, 4.69) is 0 Å². The molecule has 0 saturated carbocycles. The number of hydrogen-bond donors (Lipinski definition) is 1. The minimum absolute atomic E-state index is 0.0183. The van der Waals surface area contributed by atoms with Crippen molar-refractivity contribution >= 4 is 46.2 Å². The molecule has 0 aromatic heterocycles. The van der Waals surface area contributed by atoms with Crippen LogP contribution in [0.15, 0.2) is 60.7 Å². The lowest BCUT2D eigenvalue weighted by Gasteiger charge is -2.16. The largest absolute Gasteiger partial charge is 0.478 e. The fourth-order valence-corrected chi connectivity index (χ4v) is 3.99. The molecule has 0 fully saturated rings. The third-order valence-corrected chi connectivity index (χ3v) is 5.25. The maximum atomic E-state index is 12.2. The summed E-state index contributed by atoms with van der Waals surface area (Å²) < 4.78 is 10.2. The molecule has 0 aliphatic rings. The number of ether oxygens (including phenoxy) is 2. The van der Waals surface area contributed by atoms with Crippen LogP contribution in [0.25, 0.3) is 32.7 Å². The number of rotatable bonds is 7. The number of carbonyl (C=O) groups excluding carboxylic acids is 3. The van der Waals surface area contributed by atoms with Crippen LogP contribution in [-0.4, -0.2) is 29.8 Å². The third kappa shape index (κ3) is 3.35. The second-order valence-corrected chi connectivity index (χ2v) is 6.97. The van der Waals surface area contributed by atoms with E-state index < -0.39 is 5.97 Å². The predicted octanol–water partition coefficient (Wildman–Crippen LogP) is 4.63. The molecule has 7 nitrogen and oxygen atoms in total. The Bertz CT molecular complexity index is 1380. The van der Waals surface area contributed by atoms with Gasteiger partial charge in [-0.05, 0) is 47.0 Å². The van der Waals surface area contributed by atoms with Crippen LogP contribution < -0.4 is 9.47 Å². The molecular weight excluding hydrogens is 412 g/mol. The second kappa shape index (κ2) is 8.31. The lowest BCUT2D eigenvalue weighted by atomic mass is 9.89. The molecule has 4 aromatic carbocycles. The first-order valence-corrected chi connectivity index (χ1v) is 9.54. The molecule has 0 saturated heterocycles. The van der Waals surface area contributed by atoms with Crippen LogP contribution in [0.5, 0.6) is 11.5 Å². The Morgan fingerprint density at radius 1 is 0.719 bits per heavy atom. The van der Waals surface area contributed by atoms with E-state index in [9.17, 15) is 24.3 Å². The number of hydrogen-bond acceptors (Lipinski definition) is 6. The van der Waals surface area contributed by atoms with Gasteiger partial charge in [0.2, 0.25) is 0 Å². The SMILES string of the molecule is CC(=O)c1ccc(-c2ccc(OC=O)c3c(OC=O)cccc23)c2cccc(C(=O)O)c12. The molecule has 4 rings (SSSR count). The summed E-state index contributed by atoms with van der Waals surface area (Å²) in [5.41, 5.74) is 1.66. The van der Waals surface area contributed by atoms with Gasteiger partial charge in [0.15, 0.2) is 5.78 Å². The van der Waals surface area contributed by atoms with Gasteiger partial charge in [-0.15, -0.1) is 0 Å². The number of ketones is 1. The second-order valence-electron chi connectivity index (χ2n) is 6.97. The monoisotopic (exact) mass is 428 g/mol. The summed E-state index contributed by atoms with van der Waals surface area (Å²) in [6.07, 6.45) is 0. The van der Waals surface area contributed by atoms with Crippen molar-refractivity contribution < 1.29 is 33.8 Å². The van der Waals surface area contributed by atoms with E-state index in [0.717, 1.165) is 0 Å². The van der Waals surface area contributed by atoms with E-state index >= 15 is 0 Å². The van der Waals surface area contributed by atoms with Gasteiger partial charge in [-0.3, -0.25) is 14.4 Å². The number of benzene rings is 4. The van der Waals surface area contributed by atoms with Crippen LogP contribution in [-0.2, 0) is 9.59 Å². The highest BCUT2D eigenvalue weighted by molar-refractivity contribution is 6.19. The molecule has 0 heterocycles. The zero-order valence-corrected chi connectivity index (χ0v) is 16.8. The summed E-state index contributed by atoms with van der Waals surface area (Å²) in [6.45, 7) is 1.95. The normalized spacial score (nSPS) is 10.7. The number of carboxylic acids is 1. The van der Waals surface area contributed by atoms with E-state index in [1.807, 2.05) is 0 Å². The Labute approximate surface area is 181 Å². The van der Waals surface area contributed by atoms with E-state index in [4.69, 9.17) is 9.47 Å². The van der Waals surface area contributed by atoms with Gasteiger partial charge >= 0.3 is 5.97 Å². The van der Waals surface area contributed by atoms with Crippen LogP contribution in [0.2, 0.25) is 0 Å². The maximum absolute atomic E-state index is 12.2. The number of Topliss-reactive ketones (excluding diaryl/α,β-unsaturated/α-hetero) is 1. The van der Waals surface area contributed by atoms with E-state index in [1.54, 1.807) is 54.6 Å². The summed E-state index contributed by atoms with van der Waals surface area (Å²) >= 11 is 0. The van der Waals surface area contributed by atoms with Crippen LogP contribution >= 0.6 is 0 Å². The van der Waals surface area contributed by atoms with E-state index in [1.165, 1.54) is 13.0 Å². The van der Waals surface area contributed by atoms with Crippen molar-refractivity contribution in [3.05, 3.63) is 71.8 Å². The van der Waals surface area contributed by atoms with Crippen molar-refractivity contribution in [1.82, 2.24) is 0 Å². The van der Waals surface area contributed by atoms with Gasteiger partial charge in [0.1, 0.15) is 11.5 Å². The fraction of sp³-hybridized carbons (Fsp3) is 0.0400. The molecule has 32 heavy (non-hydrogen) atoms. The van der Waals surface area contributed by atoms with Crippen molar-refractivity contribution in [1.29, 1.82) is 0 Å². The first-order valence-electron chi connectivity index (χ1n) is 9.54. The molecule has 0 radical (unpaired) electrons. The molecule has 0 aliphatic heterocycles. The van der Waals surface area contributed by atoms with Crippen LogP contribution in [0.1, 0.15) is 27.6 Å². The Morgan fingerprint density at radius 2 is 1.28 bits per heavy atom. The van der Waals surface area contributed by atoms with Gasteiger partial charge in [0.05, 0.1) is 10.9 Å². The van der Waals surface area contributed by atoms with Crippen LogP contribution in [0, 0.1) is 0 Å². The molecular formula is C25H16O7. The van der Waals surface area contributed by atoms with Crippen molar-refractivity contribution in [3.8, 4) is 22.6 Å². The zero-order chi connectivity index (χ0) is 22.8. The van der Waals surface area contributed by atoms with Crippen LogP contribution in [0.3, 0.4) is 0 Å². The smallest absolute Gasteiger partial charge is 0.336 e. The van der Waals surface area contributed by atoms with Gasteiger partial charge in [0, 0.05) is 10.9 Å². The standard InChI is InChI=1S/C25H16O7/c1-14(28)15-8-9-16(18-4-2-6-20(23(15)18)25(29)30)17-10-11-22(32-13-27)24-19(17)5-3-7-21(24)31-12-26/h2-13H,1H3,(H,29,30). The van der Waals surface area contributed by atoms with Gasteiger partial charge in [0.25, 0.3) is 12.9 Å². The summed E-state index contributed by atoms with van der Waals surface area (Å²) in [5, 5.41) is 11.6. The molecule has 0 spiro atoms. The van der Waals surface area contributed by atoms with Gasteiger partial charge in [-0.2, -0.15) is 0 Å².